The van der Waals surface area contributed by atoms with Gasteiger partial charge >= 0.3 is 6.18 Å². The quantitative estimate of drug-likeness (QED) is 0.738. The molecule has 1 aromatic rings. The zero-order valence-corrected chi connectivity index (χ0v) is 14.8. The molecule has 1 aliphatic heterocycles. The highest BCUT2D eigenvalue weighted by Crippen LogP contribution is 2.53. The molecule has 142 valence electrons. The summed E-state index contributed by atoms with van der Waals surface area (Å²) in [5.41, 5.74) is -1.54. The molecule has 1 saturated heterocycles. The molecule has 26 heavy (non-hydrogen) atoms. The van der Waals surface area contributed by atoms with Crippen molar-refractivity contribution in [1.82, 2.24) is 0 Å². The lowest BCUT2D eigenvalue weighted by molar-refractivity contribution is -0.137. The maximum absolute atomic E-state index is 13.3. The maximum Gasteiger partial charge on any atom is 0.418 e. The molecule has 2 fully saturated rings. The second kappa shape index (κ2) is 6.90. The van der Waals surface area contributed by atoms with Crippen LogP contribution >= 0.6 is 23.2 Å². The van der Waals surface area contributed by atoms with Crippen LogP contribution in [0.4, 0.5) is 24.5 Å². The zero-order valence-electron chi connectivity index (χ0n) is 13.3. The van der Waals surface area contributed by atoms with Gasteiger partial charge in [0.05, 0.1) is 17.2 Å². The molecule has 2 unspecified atom stereocenters. The maximum atomic E-state index is 13.3. The number of rotatable bonds is 4. The molecular weight excluding hydrogens is 396 g/mol. The molecule has 1 saturated carbocycles. The zero-order chi connectivity index (χ0) is 19.1. The van der Waals surface area contributed by atoms with Gasteiger partial charge in [0.25, 0.3) is 5.91 Å². The number of anilines is 2. The van der Waals surface area contributed by atoms with Crippen molar-refractivity contribution in [3.63, 3.8) is 0 Å². The number of ether oxygens (including phenoxy) is 1. The number of halogens is 5. The number of benzene rings is 1. The Morgan fingerprint density at radius 2 is 1.88 bits per heavy atom. The van der Waals surface area contributed by atoms with Crippen molar-refractivity contribution in [3.05, 3.63) is 23.8 Å². The van der Waals surface area contributed by atoms with Crippen LogP contribution in [-0.4, -0.2) is 28.9 Å². The van der Waals surface area contributed by atoms with Crippen molar-refractivity contribution in [2.75, 3.05) is 17.2 Å². The SMILES string of the molecule is O=C(Nc1ccc(NC(=O)C2CC2(Cl)Cl)c(C(F)(F)F)c1)C1CCCO1. The molecule has 10 heteroatoms. The molecule has 1 aromatic carbocycles. The molecule has 1 heterocycles. The van der Waals surface area contributed by atoms with Gasteiger partial charge in [0.15, 0.2) is 0 Å². The highest BCUT2D eigenvalue weighted by atomic mass is 35.5. The highest BCUT2D eigenvalue weighted by molar-refractivity contribution is 6.52. The first-order valence-electron chi connectivity index (χ1n) is 7.90. The van der Waals surface area contributed by atoms with E-state index in [4.69, 9.17) is 27.9 Å². The fraction of sp³-hybridized carbons (Fsp3) is 0.500. The van der Waals surface area contributed by atoms with Crippen LogP contribution in [0.25, 0.3) is 0 Å². The fourth-order valence-corrected chi connectivity index (χ4v) is 3.20. The molecule has 0 spiro atoms. The Hall–Kier alpha value is -1.51. The van der Waals surface area contributed by atoms with Gasteiger partial charge in [-0.3, -0.25) is 9.59 Å². The smallest absolute Gasteiger partial charge is 0.368 e. The van der Waals surface area contributed by atoms with E-state index in [1.54, 1.807) is 0 Å². The lowest BCUT2D eigenvalue weighted by Crippen LogP contribution is -2.27. The van der Waals surface area contributed by atoms with E-state index in [0.29, 0.717) is 13.0 Å². The summed E-state index contributed by atoms with van der Waals surface area (Å²) in [4.78, 5) is 24.0. The van der Waals surface area contributed by atoms with Crippen molar-refractivity contribution in [2.45, 2.75) is 35.9 Å². The Morgan fingerprint density at radius 3 is 2.42 bits per heavy atom. The van der Waals surface area contributed by atoms with E-state index in [0.717, 1.165) is 18.6 Å². The summed E-state index contributed by atoms with van der Waals surface area (Å²) in [5.74, 6) is -1.94. The number of hydrogen-bond donors (Lipinski definition) is 2. The van der Waals surface area contributed by atoms with Crippen molar-refractivity contribution in [1.29, 1.82) is 0 Å². The first-order chi connectivity index (χ1) is 12.1. The average molecular weight is 411 g/mol. The third-order valence-corrected chi connectivity index (χ3v) is 5.05. The number of hydrogen-bond acceptors (Lipinski definition) is 3. The Balaban J connectivity index is 1.77. The van der Waals surface area contributed by atoms with Gasteiger partial charge in [-0.2, -0.15) is 13.2 Å². The van der Waals surface area contributed by atoms with Crippen molar-refractivity contribution < 1.29 is 27.5 Å². The molecular formula is C16H15Cl2F3N2O3. The van der Waals surface area contributed by atoms with E-state index in [1.807, 2.05) is 0 Å². The summed E-state index contributed by atoms with van der Waals surface area (Å²) >= 11 is 11.5. The molecule has 2 amide bonds. The monoisotopic (exact) mass is 410 g/mol. The van der Waals surface area contributed by atoms with Gasteiger partial charge in [0.1, 0.15) is 10.4 Å². The average Bonchev–Trinajstić information content (AvgIpc) is 2.97. The Bertz CT molecular complexity index is 734. The van der Waals surface area contributed by atoms with Crippen molar-refractivity contribution in [2.24, 2.45) is 5.92 Å². The molecule has 0 aromatic heterocycles. The minimum Gasteiger partial charge on any atom is -0.368 e. The number of carbonyl (C=O) groups is 2. The van der Waals surface area contributed by atoms with Crippen LogP contribution in [0.1, 0.15) is 24.8 Å². The van der Waals surface area contributed by atoms with Crippen LogP contribution < -0.4 is 10.6 Å². The number of amides is 2. The third-order valence-electron chi connectivity index (χ3n) is 4.21. The van der Waals surface area contributed by atoms with Crippen LogP contribution in [0.5, 0.6) is 0 Å². The van der Waals surface area contributed by atoms with E-state index in [-0.39, 0.29) is 12.1 Å². The Kier molecular flexibility index (Phi) is 5.11. The summed E-state index contributed by atoms with van der Waals surface area (Å²) in [6, 6.07) is 3.13. The predicted octanol–water partition coefficient (Wildman–Crippen LogP) is 3.96. The lowest BCUT2D eigenvalue weighted by atomic mass is 10.1. The number of carbonyl (C=O) groups excluding carboxylic acids is 2. The van der Waals surface area contributed by atoms with Gasteiger partial charge in [0.2, 0.25) is 5.91 Å². The minimum atomic E-state index is -4.73. The van der Waals surface area contributed by atoms with Gasteiger partial charge in [-0.05, 0) is 37.5 Å². The van der Waals surface area contributed by atoms with Crippen LogP contribution in [0, 0.1) is 5.92 Å². The number of nitrogens with one attached hydrogen (secondary N) is 2. The minimum absolute atomic E-state index is 0.0359. The van der Waals surface area contributed by atoms with E-state index in [9.17, 15) is 22.8 Å². The molecule has 2 aliphatic rings. The molecule has 0 bridgehead atoms. The normalized spacial score (nSPS) is 24.2. The summed E-state index contributed by atoms with van der Waals surface area (Å²) in [5, 5.41) is 4.61. The number of alkyl halides is 5. The Labute approximate surface area is 157 Å². The van der Waals surface area contributed by atoms with E-state index < -0.39 is 45.6 Å². The molecule has 5 nitrogen and oxygen atoms in total. The van der Waals surface area contributed by atoms with Crippen molar-refractivity contribution in [3.8, 4) is 0 Å². The second-order valence-electron chi connectivity index (χ2n) is 6.26. The van der Waals surface area contributed by atoms with Gasteiger partial charge in [-0.1, -0.05) is 0 Å². The first kappa shape index (κ1) is 19.3. The molecule has 2 N–H and O–H groups in total. The largest absolute Gasteiger partial charge is 0.418 e. The van der Waals surface area contributed by atoms with Gasteiger partial charge in [0, 0.05) is 12.3 Å². The van der Waals surface area contributed by atoms with Gasteiger partial charge in [-0.15, -0.1) is 23.2 Å². The third kappa shape index (κ3) is 4.24. The summed E-state index contributed by atoms with van der Waals surface area (Å²) in [7, 11) is 0. The lowest BCUT2D eigenvalue weighted by Gasteiger charge is -2.17. The molecule has 1 aliphatic carbocycles. The summed E-state index contributed by atoms with van der Waals surface area (Å²) in [6.45, 7) is 0.445. The standard InChI is InChI=1S/C16H15Cl2F3N2O3/c17-15(18)7-10(15)13(24)23-11-4-3-8(6-9(11)16(19,20)21)22-14(25)12-2-1-5-26-12/h3-4,6,10,12H,1-2,5,7H2,(H,22,25)(H,23,24). The summed E-state index contributed by atoms with van der Waals surface area (Å²) < 4.78 is 44.0. The van der Waals surface area contributed by atoms with E-state index in [1.165, 1.54) is 6.07 Å². The van der Waals surface area contributed by atoms with E-state index >= 15 is 0 Å². The van der Waals surface area contributed by atoms with Crippen LogP contribution in [0.3, 0.4) is 0 Å². The van der Waals surface area contributed by atoms with Gasteiger partial charge in [-0.25, -0.2) is 0 Å². The predicted molar refractivity (Wildman–Crippen MR) is 90.2 cm³/mol. The second-order valence-corrected chi connectivity index (χ2v) is 7.80. The first-order valence-corrected chi connectivity index (χ1v) is 8.66. The summed E-state index contributed by atoms with van der Waals surface area (Å²) in [6.07, 6.45) is -3.97. The Morgan fingerprint density at radius 1 is 1.19 bits per heavy atom. The van der Waals surface area contributed by atoms with Crippen LogP contribution in [-0.2, 0) is 20.5 Å². The highest BCUT2D eigenvalue weighted by Gasteiger charge is 2.56. The van der Waals surface area contributed by atoms with Crippen molar-refractivity contribution >= 4 is 46.4 Å². The topological polar surface area (TPSA) is 67.4 Å². The molecule has 3 rings (SSSR count). The van der Waals surface area contributed by atoms with E-state index in [2.05, 4.69) is 10.6 Å². The van der Waals surface area contributed by atoms with Crippen LogP contribution in [0.2, 0.25) is 0 Å². The fourth-order valence-electron chi connectivity index (χ4n) is 2.69. The van der Waals surface area contributed by atoms with Crippen LogP contribution in [0.15, 0.2) is 18.2 Å². The molecule has 2 atom stereocenters. The van der Waals surface area contributed by atoms with Gasteiger partial charge < -0.3 is 15.4 Å². The molecule has 0 radical (unpaired) electrons.